The van der Waals surface area contributed by atoms with E-state index in [0.717, 1.165) is 57.3 Å². The Bertz CT molecular complexity index is 815. The molecule has 0 saturated heterocycles. The zero-order valence-electron chi connectivity index (χ0n) is 17.5. The van der Waals surface area contributed by atoms with Gasteiger partial charge in [0, 0.05) is 24.7 Å². The average molecular weight is 389 g/mol. The normalized spacial score (nSPS) is 16.7. The number of ether oxygens (including phenoxy) is 1. The van der Waals surface area contributed by atoms with Crippen LogP contribution in [0, 0.1) is 5.92 Å². The maximum atomic E-state index is 12.9. The minimum absolute atomic E-state index is 0.108. The number of rotatable bonds is 10. The van der Waals surface area contributed by atoms with Gasteiger partial charge in [0.25, 0.3) is 0 Å². The lowest BCUT2D eigenvalue weighted by Gasteiger charge is -2.19. The lowest BCUT2D eigenvalue weighted by Crippen LogP contribution is -2.17. The number of Topliss-reactive ketones (excluding diaryl/α,β-unsaturated/α-hetero) is 1. The van der Waals surface area contributed by atoms with Gasteiger partial charge in [-0.2, -0.15) is 0 Å². The first-order valence-corrected chi connectivity index (χ1v) is 10.9. The van der Waals surface area contributed by atoms with Gasteiger partial charge in [-0.3, -0.25) is 4.79 Å². The van der Waals surface area contributed by atoms with E-state index in [-0.39, 0.29) is 11.7 Å². The topological polar surface area (TPSA) is 26.3 Å². The molecule has 2 heteroatoms. The molecule has 0 fully saturated rings. The Morgan fingerprint density at radius 3 is 2.52 bits per heavy atom. The lowest BCUT2D eigenvalue weighted by atomic mass is 9.84. The molecular formula is C27H32O2. The van der Waals surface area contributed by atoms with Crippen molar-refractivity contribution in [3.63, 3.8) is 0 Å². The van der Waals surface area contributed by atoms with Crippen LogP contribution >= 0.6 is 0 Å². The van der Waals surface area contributed by atoms with Crippen molar-refractivity contribution >= 4 is 11.9 Å². The van der Waals surface area contributed by atoms with Crippen LogP contribution in [0.4, 0.5) is 0 Å². The monoisotopic (exact) mass is 388 g/mol. The SMILES string of the molecule is CCCOCCCc1ccc(C(=O)C2CC=C(C=Cc3ccccc3)CC2)cc1. The van der Waals surface area contributed by atoms with Gasteiger partial charge in [0.2, 0.25) is 0 Å². The van der Waals surface area contributed by atoms with Gasteiger partial charge in [-0.25, -0.2) is 0 Å². The quantitative estimate of drug-likeness (QED) is 0.336. The Balaban J connectivity index is 1.48. The standard InChI is InChI=1S/C27H32O2/c1-2-20-29-21-6-9-23-12-16-25(17-13-23)27(28)26-18-14-24(15-19-26)11-10-22-7-4-3-5-8-22/h3-5,7-8,10-14,16-17,26H,2,6,9,15,18-21H2,1H3. The summed E-state index contributed by atoms with van der Waals surface area (Å²) in [5, 5.41) is 0. The molecule has 0 radical (unpaired) electrons. The molecule has 1 atom stereocenters. The predicted molar refractivity (Wildman–Crippen MR) is 121 cm³/mol. The Morgan fingerprint density at radius 1 is 1.03 bits per heavy atom. The van der Waals surface area contributed by atoms with E-state index >= 15 is 0 Å². The van der Waals surface area contributed by atoms with E-state index in [2.05, 4.69) is 61.5 Å². The van der Waals surface area contributed by atoms with E-state index in [1.165, 1.54) is 16.7 Å². The molecule has 0 heterocycles. The molecule has 1 aliphatic carbocycles. The van der Waals surface area contributed by atoms with E-state index in [1.54, 1.807) is 0 Å². The van der Waals surface area contributed by atoms with E-state index in [0.29, 0.717) is 0 Å². The largest absolute Gasteiger partial charge is 0.381 e. The number of carbonyl (C=O) groups excluding carboxylic acids is 1. The van der Waals surface area contributed by atoms with Crippen LogP contribution in [0.1, 0.15) is 60.5 Å². The van der Waals surface area contributed by atoms with Crippen LogP contribution in [-0.2, 0) is 11.2 Å². The molecule has 0 aromatic heterocycles. The number of allylic oxidation sites excluding steroid dienone is 3. The zero-order valence-corrected chi connectivity index (χ0v) is 17.5. The molecule has 0 amide bonds. The number of carbonyl (C=O) groups is 1. The average Bonchev–Trinajstić information content (AvgIpc) is 2.78. The number of aryl methyl sites for hydroxylation is 1. The van der Waals surface area contributed by atoms with Crippen molar-refractivity contribution in [3.05, 3.63) is 89.0 Å². The number of hydrogen-bond donors (Lipinski definition) is 0. The third kappa shape index (κ3) is 6.83. The molecule has 2 nitrogen and oxygen atoms in total. The molecule has 152 valence electrons. The summed E-state index contributed by atoms with van der Waals surface area (Å²) < 4.78 is 5.53. The van der Waals surface area contributed by atoms with Crippen molar-refractivity contribution in [3.8, 4) is 0 Å². The number of benzene rings is 2. The van der Waals surface area contributed by atoms with Crippen molar-refractivity contribution in [2.75, 3.05) is 13.2 Å². The highest BCUT2D eigenvalue weighted by atomic mass is 16.5. The highest BCUT2D eigenvalue weighted by Crippen LogP contribution is 2.28. The van der Waals surface area contributed by atoms with Crippen LogP contribution in [0.15, 0.2) is 72.3 Å². The Morgan fingerprint density at radius 2 is 1.83 bits per heavy atom. The lowest BCUT2D eigenvalue weighted by molar-refractivity contribution is 0.0911. The molecule has 2 aromatic rings. The minimum Gasteiger partial charge on any atom is -0.381 e. The fraction of sp³-hybridized carbons (Fsp3) is 0.370. The highest BCUT2D eigenvalue weighted by Gasteiger charge is 2.22. The summed E-state index contributed by atoms with van der Waals surface area (Å²) >= 11 is 0. The van der Waals surface area contributed by atoms with E-state index < -0.39 is 0 Å². The third-order valence-corrected chi connectivity index (χ3v) is 5.45. The first-order valence-electron chi connectivity index (χ1n) is 10.9. The summed E-state index contributed by atoms with van der Waals surface area (Å²) in [6.45, 7) is 3.77. The van der Waals surface area contributed by atoms with Crippen LogP contribution in [0.25, 0.3) is 6.08 Å². The first kappa shape index (κ1) is 21.3. The molecule has 0 aliphatic heterocycles. The maximum absolute atomic E-state index is 12.9. The summed E-state index contributed by atoms with van der Waals surface area (Å²) in [5.74, 6) is 0.391. The molecule has 1 unspecified atom stereocenters. The van der Waals surface area contributed by atoms with Crippen molar-refractivity contribution in [1.29, 1.82) is 0 Å². The molecule has 29 heavy (non-hydrogen) atoms. The molecule has 2 aromatic carbocycles. The fourth-order valence-electron chi connectivity index (χ4n) is 3.71. The summed E-state index contributed by atoms with van der Waals surface area (Å²) in [4.78, 5) is 12.9. The van der Waals surface area contributed by atoms with Crippen LogP contribution < -0.4 is 0 Å². The van der Waals surface area contributed by atoms with Crippen molar-refractivity contribution in [2.45, 2.75) is 45.4 Å². The van der Waals surface area contributed by atoms with Crippen LogP contribution in [-0.4, -0.2) is 19.0 Å². The van der Waals surface area contributed by atoms with E-state index in [9.17, 15) is 4.79 Å². The van der Waals surface area contributed by atoms with Gasteiger partial charge in [0.05, 0.1) is 0 Å². The summed E-state index contributed by atoms with van der Waals surface area (Å²) in [7, 11) is 0. The van der Waals surface area contributed by atoms with Crippen molar-refractivity contribution < 1.29 is 9.53 Å². The fourth-order valence-corrected chi connectivity index (χ4v) is 3.71. The highest BCUT2D eigenvalue weighted by molar-refractivity contribution is 5.98. The maximum Gasteiger partial charge on any atom is 0.166 e. The molecular weight excluding hydrogens is 356 g/mol. The second kappa shape index (κ2) is 11.5. The van der Waals surface area contributed by atoms with Gasteiger partial charge < -0.3 is 4.74 Å². The first-order chi connectivity index (χ1) is 14.3. The Kier molecular flexibility index (Phi) is 8.45. The second-order valence-electron chi connectivity index (χ2n) is 7.77. The Labute approximate surface area is 175 Å². The number of ketones is 1. The third-order valence-electron chi connectivity index (χ3n) is 5.45. The molecule has 1 aliphatic rings. The van der Waals surface area contributed by atoms with E-state index in [4.69, 9.17) is 4.74 Å². The Hall–Kier alpha value is -2.45. The van der Waals surface area contributed by atoms with Crippen LogP contribution in [0.5, 0.6) is 0 Å². The minimum atomic E-state index is 0.108. The zero-order chi connectivity index (χ0) is 20.3. The summed E-state index contributed by atoms with van der Waals surface area (Å²) in [6, 6.07) is 18.5. The summed E-state index contributed by atoms with van der Waals surface area (Å²) in [6.07, 6.45) is 12.4. The van der Waals surface area contributed by atoms with Crippen LogP contribution in [0.3, 0.4) is 0 Å². The molecule has 0 N–H and O–H groups in total. The van der Waals surface area contributed by atoms with Gasteiger partial charge in [-0.1, -0.05) is 85.3 Å². The van der Waals surface area contributed by atoms with Gasteiger partial charge >= 0.3 is 0 Å². The van der Waals surface area contributed by atoms with Gasteiger partial charge in [0.15, 0.2) is 5.78 Å². The van der Waals surface area contributed by atoms with Crippen molar-refractivity contribution in [2.24, 2.45) is 5.92 Å². The van der Waals surface area contributed by atoms with Gasteiger partial charge in [-0.05, 0) is 49.7 Å². The smallest absolute Gasteiger partial charge is 0.166 e. The molecule has 0 saturated carbocycles. The van der Waals surface area contributed by atoms with Crippen molar-refractivity contribution in [1.82, 2.24) is 0 Å². The molecule has 3 rings (SSSR count). The molecule has 0 bridgehead atoms. The summed E-state index contributed by atoms with van der Waals surface area (Å²) in [5.41, 5.74) is 4.67. The second-order valence-corrected chi connectivity index (χ2v) is 7.77. The van der Waals surface area contributed by atoms with Crippen LogP contribution in [0.2, 0.25) is 0 Å². The number of hydrogen-bond acceptors (Lipinski definition) is 2. The van der Waals surface area contributed by atoms with Gasteiger partial charge in [0.1, 0.15) is 0 Å². The van der Waals surface area contributed by atoms with E-state index in [1.807, 2.05) is 18.2 Å². The predicted octanol–water partition coefficient (Wildman–Crippen LogP) is 6.67. The molecule has 0 spiro atoms. The van der Waals surface area contributed by atoms with Gasteiger partial charge in [-0.15, -0.1) is 0 Å².